The standard InChI is InChI=1S/C30H28N4O2S/c1-3-36-25-16-14-24(15-17-25)27-20-37-30(31-27)34-28(18-21(2)33-34)32-29(35)19-26(22-10-6-4-7-11-22)23-12-8-5-9-13-23/h4-18,20,26H,3,19H2,1-2H3,(H,32,35). The van der Waals surface area contributed by atoms with Crippen LogP contribution < -0.4 is 10.1 Å². The van der Waals surface area contributed by atoms with E-state index in [4.69, 9.17) is 9.72 Å². The topological polar surface area (TPSA) is 69.0 Å². The normalized spacial score (nSPS) is 11.0. The minimum atomic E-state index is -0.0813. The summed E-state index contributed by atoms with van der Waals surface area (Å²) in [5, 5.41) is 10.4. The van der Waals surface area contributed by atoms with Gasteiger partial charge < -0.3 is 10.1 Å². The summed E-state index contributed by atoms with van der Waals surface area (Å²) in [6.45, 7) is 4.50. The molecule has 1 N–H and O–H groups in total. The molecule has 2 heterocycles. The van der Waals surface area contributed by atoms with Gasteiger partial charge in [0.1, 0.15) is 11.6 Å². The Morgan fingerprint density at radius 1 is 0.973 bits per heavy atom. The molecule has 0 atom stereocenters. The van der Waals surface area contributed by atoms with Gasteiger partial charge in [-0.25, -0.2) is 4.98 Å². The van der Waals surface area contributed by atoms with Gasteiger partial charge in [0, 0.05) is 29.3 Å². The van der Waals surface area contributed by atoms with Crippen molar-refractivity contribution in [2.45, 2.75) is 26.2 Å². The summed E-state index contributed by atoms with van der Waals surface area (Å²) in [7, 11) is 0. The Bertz CT molecular complexity index is 1420. The number of hydrogen-bond donors (Lipinski definition) is 1. The van der Waals surface area contributed by atoms with Gasteiger partial charge in [-0.15, -0.1) is 11.3 Å². The average Bonchev–Trinajstić information content (AvgIpc) is 3.55. The molecule has 3 aromatic carbocycles. The zero-order chi connectivity index (χ0) is 25.6. The van der Waals surface area contributed by atoms with Crippen LogP contribution in [0, 0.1) is 6.92 Å². The van der Waals surface area contributed by atoms with Crippen molar-refractivity contribution in [3.05, 3.63) is 113 Å². The smallest absolute Gasteiger partial charge is 0.226 e. The molecular formula is C30H28N4O2S. The number of anilines is 1. The van der Waals surface area contributed by atoms with Crippen LogP contribution in [0.5, 0.6) is 5.75 Å². The molecule has 5 aromatic rings. The van der Waals surface area contributed by atoms with Gasteiger partial charge in [-0.05, 0) is 49.2 Å². The van der Waals surface area contributed by atoms with E-state index >= 15 is 0 Å². The monoisotopic (exact) mass is 508 g/mol. The van der Waals surface area contributed by atoms with Crippen LogP contribution >= 0.6 is 11.3 Å². The van der Waals surface area contributed by atoms with E-state index in [-0.39, 0.29) is 11.8 Å². The Labute approximate surface area is 220 Å². The fraction of sp³-hybridized carbons (Fsp3) is 0.167. The summed E-state index contributed by atoms with van der Waals surface area (Å²) in [5.74, 6) is 1.31. The van der Waals surface area contributed by atoms with E-state index < -0.39 is 0 Å². The number of amides is 1. The van der Waals surface area contributed by atoms with Gasteiger partial charge in [0.2, 0.25) is 11.0 Å². The molecule has 0 saturated heterocycles. The number of aromatic nitrogens is 3. The van der Waals surface area contributed by atoms with E-state index in [0.717, 1.165) is 33.8 Å². The minimum Gasteiger partial charge on any atom is -0.494 e. The Morgan fingerprint density at radius 2 is 1.62 bits per heavy atom. The highest BCUT2D eigenvalue weighted by atomic mass is 32.1. The lowest BCUT2D eigenvalue weighted by atomic mass is 9.88. The number of thiazole rings is 1. The maximum atomic E-state index is 13.3. The number of hydrogen-bond acceptors (Lipinski definition) is 5. The van der Waals surface area contributed by atoms with Crippen LogP contribution in [0.3, 0.4) is 0 Å². The average molecular weight is 509 g/mol. The van der Waals surface area contributed by atoms with Crippen LogP contribution in [0.15, 0.2) is 96.4 Å². The zero-order valence-electron chi connectivity index (χ0n) is 20.8. The second kappa shape index (κ2) is 11.2. The third-order valence-corrected chi connectivity index (χ3v) is 6.84. The molecule has 0 radical (unpaired) electrons. The highest BCUT2D eigenvalue weighted by Gasteiger charge is 2.20. The van der Waals surface area contributed by atoms with Crippen molar-refractivity contribution >= 4 is 23.1 Å². The maximum Gasteiger partial charge on any atom is 0.226 e. The number of aryl methyl sites for hydroxylation is 1. The largest absolute Gasteiger partial charge is 0.494 e. The molecule has 7 heteroatoms. The Balaban J connectivity index is 1.36. The Morgan fingerprint density at radius 3 is 2.24 bits per heavy atom. The van der Waals surface area contributed by atoms with Crippen molar-refractivity contribution in [2.24, 2.45) is 0 Å². The van der Waals surface area contributed by atoms with Crippen LogP contribution in [0.1, 0.15) is 36.1 Å². The molecule has 1 amide bonds. The van der Waals surface area contributed by atoms with Crippen LogP contribution in [-0.4, -0.2) is 27.3 Å². The van der Waals surface area contributed by atoms with Gasteiger partial charge in [-0.1, -0.05) is 60.7 Å². The molecule has 5 rings (SSSR count). The number of benzene rings is 3. The van der Waals surface area contributed by atoms with Gasteiger partial charge in [0.25, 0.3) is 0 Å². The number of nitrogens with one attached hydrogen (secondary N) is 1. The summed E-state index contributed by atoms with van der Waals surface area (Å²) in [6.07, 6.45) is 0.313. The lowest BCUT2D eigenvalue weighted by molar-refractivity contribution is -0.116. The first-order valence-electron chi connectivity index (χ1n) is 12.3. The van der Waals surface area contributed by atoms with E-state index in [2.05, 4.69) is 34.7 Å². The van der Waals surface area contributed by atoms with Crippen LogP contribution in [-0.2, 0) is 4.79 Å². The third-order valence-electron chi connectivity index (χ3n) is 6.03. The van der Waals surface area contributed by atoms with Crippen LogP contribution in [0.4, 0.5) is 5.82 Å². The lowest BCUT2D eigenvalue weighted by Crippen LogP contribution is -2.18. The van der Waals surface area contributed by atoms with Gasteiger partial charge in [-0.2, -0.15) is 9.78 Å². The number of carbonyl (C=O) groups is 1. The van der Waals surface area contributed by atoms with Crippen molar-refractivity contribution in [1.29, 1.82) is 0 Å². The molecule has 0 spiro atoms. The predicted molar refractivity (Wildman–Crippen MR) is 149 cm³/mol. The second-order valence-corrected chi connectivity index (χ2v) is 9.52. The Hall–Kier alpha value is -4.23. The molecule has 0 aliphatic carbocycles. The van der Waals surface area contributed by atoms with Gasteiger partial charge in [-0.3, -0.25) is 4.79 Å². The van der Waals surface area contributed by atoms with Crippen molar-refractivity contribution in [1.82, 2.24) is 14.8 Å². The predicted octanol–water partition coefficient (Wildman–Crippen LogP) is 6.86. The van der Waals surface area contributed by atoms with Crippen molar-refractivity contribution in [2.75, 3.05) is 11.9 Å². The van der Waals surface area contributed by atoms with E-state index in [1.165, 1.54) is 11.3 Å². The molecular weight excluding hydrogens is 480 g/mol. The lowest BCUT2D eigenvalue weighted by Gasteiger charge is -2.18. The molecule has 0 bridgehead atoms. The molecule has 37 heavy (non-hydrogen) atoms. The first kappa shape index (κ1) is 24.5. The van der Waals surface area contributed by atoms with E-state index in [1.54, 1.807) is 4.68 Å². The van der Waals surface area contributed by atoms with Crippen molar-refractivity contribution < 1.29 is 9.53 Å². The second-order valence-electron chi connectivity index (χ2n) is 8.68. The van der Waals surface area contributed by atoms with Crippen LogP contribution in [0.25, 0.3) is 16.4 Å². The van der Waals surface area contributed by atoms with Gasteiger partial charge in [0.05, 0.1) is 18.0 Å². The molecule has 186 valence electrons. The molecule has 0 unspecified atom stereocenters. The summed E-state index contributed by atoms with van der Waals surface area (Å²) >= 11 is 1.48. The molecule has 2 aromatic heterocycles. The summed E-state index contributed by atoms with van der Waals surface area (Å²) < 4.78 is 7.24. The molecule has 0 fully saturated rings. The molecule has 0 aliphatic heterocycles. The van der Waals surface area contributed by atoms with Crippen molar-refractivity contribution in [3.8, 4) is 22.1 Å². The summed E-state index contributed by atoms with van der Waals surface area (Å²) in [4.78, 5) is 18.1. The maximum absolute atomic E-state index is 13.3. The SMILES string of the molecule is CCOc1ccc(-c2csc(-n3nc(C)cc3NC(=O)CC(c3ccccc3)c3ccccc3)n2)cc1. The third kappa shape index (κ3) is 5.78. The number of ether oxygens (including phenoxy) is 1. The van der Waals surface area contributed by atoms with E-state index in [1.807, 2.05) is 86.0 Å². The molecule has 6 nitrogen and oxygen atoms in total. The number of carbonyl (C=O) groups excluding carboxylic acids is 1. The number of rotatable bonds is 9. The van der Waals surface area contributed by atoms with E-state index in [0.29, 0.717) is 24.0 Å². The summed E-state index contributed by atoms with van der Waals surface area (Å²) in [6, 6.07) is 30.0. The summed E-state index contributed by atoms with van der Waals surface area (Å²) in [5.41, 5.74) is 4.85. The fourth-order valence-electron chi connectivity index (χ4n) is 4.30. The molecule has 0 aliphatic rings. The quantitative estimate of drug-likeness (QED) is 0.236. The highest BCUT2D eigenvalue weighted by molar-refractivity contribution is 7.12. The van der Waals surface area contributed by atoms with Gasteiger partial charge in [0.15, 0.2) is 0 Å². The first-order chi connectivity index (χ1) is 18.1. The minimum absolute atomic E-state index is 0.0500. The van der Waals surface area contributed by atoms with Crippen molar-refractivity contribution in [3.63, 3.8) is 0 Å². The highest BCUT2D eigenvalue weighted by Crippen LogP contribution is 2.30. The van der Waals surface area contributed by atoms with Gasteiger partial charge >= 0.3 is 0 Å². The molecule has 0 saturated carbocycles. The Kier molecular flexibility index (Phi) is 7.42. The zero-order valence-corrected chi connectivity index (χ0v) is 21.6. The van der Waals surface area contributed by atoms with Crippen LogP contribution in [0.2, 0.25) is 0 Å². The fourth-order valence-corrected chi connectivity index (χ4v) is 5.09. The number of nitrogens with zero attached hydrogens (tertiary/aromatic N) is 3. The first-order valence-corrected chi connectivity index (χ1v) is 13.1. The van der Waals surface area contributed by atoms with E-state index in [9.17, 15) is 4.79 Å².